The third kappa shape index (κ3) is 6.96. The molecule has 0 radical (unpaired) electrons. The maximum Gasteiger partial charge on any atom is 0.233 e. The van der Waals surface area contributed by atoms with Gasteiger partial charge in [0.15, 0.2) is 5.96 Å². The van der Waals surface area contributed by atoms with E-state index in [9.17, 15) is 4.79 Å². The summed E-state index contributed by atoms with van der Waals surface area (Å²) < 4.78 is 5.60. The van der Waals surface area contributed by atoms with Crippen LogP contribution in [0.3, 0.4) is 0 Å². The first-order valence-corrected chi connectivity index (χ1v) is 8.64. The number of carbonyl (C=O) groups excluding carboxylic acids is 1. The van der Waals surface area contributed by atoms with Gasteiger partial charge in [0.05, 0.1) is 19.3 Å². The van der Waals surface area contributed by atoms with Gasteiger partial charge in [-0.2, -0.15) is 0 Å². The second-order valence-electron chi connectivity index (χ2n) is 5.90. The molecule has 1 aliphatic heterocycles. The van der Waals surface area contributed by atoms with E-state index in [4.69, 9.17) is 4.74 Å². The highest BCUT2D eigenvalue weighted by Crippen LogP contribution is 2.09. The number of nitrogens with zero attached hydrogens (tertiary/aromatic N) is 3. The first kappa shape index (κ1) is 19.0. The lowest BCUT2D eigenvalue weighted by atomic mass is 10.1. The first-order valence-electron chi connectivity index (χ1n) is 8.64. The van der Waals surface area contributed by atoms with E-state index in [0.717, 1.165) is 37.6 Å². The molecule has 0 saturated carbocycles. The number of rotatable bonds is 7. The van der Waals surface area contributed by atoms with E-state index in [0.29, 0.717) is 25.7 Å². The minimum absolute atomic E-state index is 0.0671. The van der Waals surface area contributed by atoms with Crippen molar-refractivity contribution in [2.24, 2.45) is 4.99 Å². The van der Waals surface area contributed by atoms with Crippen LogP contribution in [-0.2, 0) is 4.79 Å². The molecule has 1 aliphatic rings. The number of pyridine rings is 1. The van der Waals surface area contributed by atoms with Crippen LogP contribution in [0.5, 0.6) is 5.75 Å². The molecule has 1 fully saturated rings. The molecule has 0 aliphatic carbocycles. The number of ether oxygens (including phenoxy) is 1. The summed E-state index contributed by atoms with van der Waals surface area (Å²) in [5, 5.41) is 9.36. The summed E-state index contributed by atoms with van der Waals surface area (Å²) in [5.41, 5.74) is 0. The number of piperidine rings is 1. The van der Waals surface area contributed by atoms with Gasteiger partial charge in [-0.15, -0.1) is 0 Å². The van der Waals surface area contributed by atoms with Crippen LogP contribution >= 0.6 is 0 Å². The SMILES string of the molecule is CN=C(NCCOc1cccnc1)NC1CCN(CC(=O)NC)CC1. The lowest BCUT2D eigenvalue weighted by Crippen LogP contribution is -2.50. The molecule has 0 unspecified atom stereocenters. The Kier molecular flexibility index (Phi) is 7.97. The zero-order valence-electron chi connectivity index (χ0n) is 15.0. The molecule has 1 amide bonds. The predicted molar refractivity (Wildman–Crippen MR) is 97.8 cm³/mol. The average Bonchev–Trinajstić information content (AvgIpc) is 2.66. The number of aromatic nitrogens is 1. The van der Waals surface area contributed by atoms with E-state index in [2.05, 4.69) is 30.8 Å². The number of hydrogen-bond donors (Lipinski definition) is 3. The number of guanidine groups is 1. The van der Waals surface area contributed by atoms with Crippen molar-refractivity contribution >= 4 is 11.9 Å². The Bertz CT molecular complexity index is 543. The molecular formula is C17H28N6O2. The van der Waals surface area contributed by atoms with Gasteiger partial charge in [0.2, 0.25) is 5.91 Å². The monoisotopic (exact) mass is 348 g/mol. The van der Waals surface area contributed by atoms with Crippen LogP contribution in [0, 0.1) is 0 Å². The molecule has 1 aromatic rings. The second kappa shape index (κ2) is 10.5. The van der Waals surface area contributed by atoms with Gasteiger partial charge >= 0.3 is 0 Å². The quantitative estimate of drug-likeness (QED) is 0.360. The van der Waals surface area contributed by atoms with Crippen molar-refractivity contribution in [2.45, 2.75) is 18.9 Å². The number of aliphatic imine (C=N–C) groups is 1. The van der Waals surface area contributed by atoms with E-state index in [-0.39, 0.29) is 5.91 Å². The number of likely N-dealkylation sites (tertiary alicyclic amines) is 1. The molecule has 0 atom stereocenters. The van der Waals surface area contributed by atoms with Gasteiger partial charge in [-0.25, -0.2) is 0 Å². The zero-order chi connectivity index (χ0) is 17.9. The van der Waals surface area contributed by atoms with E-state index in [1.54, 1.807) is 26.5 Å². The van der Waals surface area contributed by atoms with Crippen LogP contribution in [0.1, 0.15) is 12.8 Å². The third-order valence-electron chi connectivity index (χ3n) is 4.10. The van der Waals surface area contributed by atoms with Crippen molar-refractivity contribution < 1.29 is 9.53 Å². The lowest BCUT2D eigenvalue weighted by Gasteiger charge is -2.32. The molecule has 2 heterocycles. The largest absolute Gasteiger partial charge is 0.490 e. The standard InChI is InChI=1S/C17H28N6O2/c1-18-16(24)13-23-9-5-14(6-10-23)22-17(19-2)21-8-11-25-15-4-3-7-20-12-15/h3-4,7,12,14H,5-6,8-11,13H2,1-2H3,(H,18,24)(H2,19,21,22). The van der Waals surface area contributed by atoms with Gasteiger partial charge in [0.25, 0.3) is 0 Å². The van der Waals surface area contributed by atoms with E-state index >= 15 is 0 Å². The van der Waals surface area contributed by atoms with Gasteiger partial charge in [-0.3, -0.25) is 19.7 Å². The summed E-state index contributed by atoms with van der Waals surface area (Å²) in [5.74, 6) is 1.60. The Balaban J connectivity index is 1.63. The minimum Gasteiger partial charge on any atom is -0.490 e. The topological polar surface area (TPSA) is 90.9 Å². The number of nitrogens with one attached hydrogen (secondary N) is 3. The highest BCUT2D eigenvalue weighted by atomic mass is 16.5. The molecule has 1 aromatic heterocycles. The Hall–Kier alpha value is -2.35. The molecule has 3 N–H and O–H groups in total. The summed E-state index contributed by atoms with van der Waals surface area (Å²) in [4.78, 5) is 21.9. The van der Waals surface area contributed by atoms with E-state index in [1.807, 2.05) is 12.1 Å². The van der Waals surface area contributed by atoms with Crippen LogP contribution in [0.25, 0.3) is 0 Å². The Morgan fingerprint density at radius 3 is 2.88 bits per heavy atom. The van der Waals surface area contributed by atoms with E-state index in [1.165, 1.54) is 0 Å². The van der Waals surface area contributed by atoms with Gasteiger partial charge in [0.1, 0.15) is 12.4 Å². The molecule has 8 heteroatoms. The number of likely N-dealkylation sites (N-methyl/N-ethyl adjacent to an activating group) is 1. The Morgan fingerprint density at radius 1 is 1.44 bits per heavy atom. The molecule has 8 nitrogen and oxygen atoms in total. The van der Waals surface area contributed by atoms with Crippen molar-refractivity contribution in [3.63, 3.8) is 0 Å². The normalized spacial score (nSPS) is 16.3. The number of hydrogen-bond acceptors (Lipinski definition) is 5. The minimum atomic E-state index is 0.0671. The fraction of sp³-hybridized carbons (Fsp3) is 0.588. The number of amides is 1. The van der Waals surface area contributed by atoms with Crippen molar-refractivity contribution in [3.05, 3.63) is 24.5 Å². The summed E-state index contributed by atoms with van der Waals surface area (Å²) >= 11 is 0. The van der Waals surface area contributed by atoms with Crippen LogP contribution in [0.2, 0.25) is 0 Å². The fourth-order valence-electron chi connectivity index (χ4n) is 2.68. The lowest BCUT2D eigenvalue weighted by molar-refractivity contribution is -0.122. The summed E-state index contributed by atoms with van der Waals surface area (Å²) in [6.45, 7) is 3.49. The van der Waals surface area contributed by atoms with Crippen molar-refractivity contribution in [1.82, 2.24) is 25.8 Å². The van der Waals surface area contributed by atoms with Gasteiger partial charge in [-0.05, 0) is 25.0 Å². The molecular weight excluding hydrogens is 320 g/mol. The first-order chi connectivity index (χ1) is 12.2. The molecule has 25 heavy (non-hydrogen) atoms. The highest BCUT2D eigenvalue weighted by Gasteiger charge is 2.21. The molecule has 1 saturated heterocycles. The van der Waals surface area contributed by atoms with Crippen molar-refractivity contribution in [3.8, 4) is 5.75 Å². The zero-order valence-corrected chi connectivity index (χ0v) is 15.0. The summed E-state index contributed by atoms with van der Waals surface area (Å²) in [6, 6.07) is 4.10. The summed E-state index contributed by atoms with van der Waals surface area (Å²) in [7, 11) is 3.43. The smallest absolute Gasteiger partial charge is 0.233 e. The molecule has 0 spiro atoms. The van der Waals surface area contributed by atoms with Crippen LogP contribution in [0.15, 0.2) is 29.5 Å². The molecule has 2 rings (SSSR count). The number of carbonyl (C=O) groups is 1. The van der Waals surface area contributed by atoms with Crippen LogP contribution < -0.4 is 20.7 Å². The van der Waals surface area contributed by atoms with Crippen molar-refractivity contribution in [2.75, 3.05) is 46.9 Å². The average molecular weight is 348 g/mol. The maximum absolute atomic E-state index is 11.4. The predicted octanol–water partition coefficient (Wildman–Crippen LogP) is -0.164. The third-order valence-corrected chi connectivity index (χ3v) is 4.10. The van der Waals surface area contributed by atoms with E-state index < -0.39 is 0 Å². The van der Waals surface area contributed by atoms with Crippen molar-refractivity contribution in [1.29, 1.82) is 0 Å². The molecule has 0 bridgehead atoms. The van der Waals surface area contributed by atoms with Gasteiger partial charge in [0, 0.05) is 39.4 Å². The second-order valence-corrected chi connectivity index (χ2v) is 5.90. The van der Waals surface area contributed by atoms with Crippen LogP contribution in [-0.4, -0.2) is 74.7 Å². The fourth-order valence-corrected chi connectivity index (χ4v) is 2.68. The maximum atomic E-state index is 11.4. The summed E-state index contributed by atoms with van der Waals surface area (Å²) in [6.07, 6.45) is 5.39. The Labute approximate surface area is 149 Å². The molecule has 138 valence electrons. The highest BCUT2D eigenvalue weighted by molar-refractivity contribution is 5.80. The molecule has 0 aromatic carbocycles. The van der Waals surface area contributed by atoms with Crippen LogP contribution in [0.4, 0.5) is 0 Å². The Morgan fingerprint density at radius 2 is 2.24 bits per heavy atom. The van der Waals surface area contributed by atoms with Gasteiger partial charge in [-0.1, -0.05) is 0 Å². The van der Waals surface area contributed by atoms with Gasteiger partial charge < -0.3 is 20.7 Å².